The van der Waals surface area contributed by atoms with Crippen molar-refractivity contribution in [1.29, 1.82) is 0 Å². The molecule has 1 heterocycles. The Hall–Kier alpha value is -1.79. The molecule has 1 fully saturated rings. The Bertz CT molecular complexity index is 548. The first-order valence-corrected chi connectivity index (χ1v) is 8.49. The van der Waals surface area contributed by atoms with Crippen LogP contribution in [0.25, 0.3) is 0 Å². The molecule has 6 nitrogen and oxygen atoms in total. The SMILES string of the molecule is CCOc1ccc(C(=O)N2CCOCC2CN(C)C)cc1OCC. The Morgan fingerprint density at radius 3 is 2.62 bits per heavy atom. The summed E-state index contributed by atoms with van der Waals surface area (Å²) >= 11 is 0. The van der Waals surface area contributed by atoms with Gasteiger partial charge in [0.1, 0.15) is 0 Å². The Morgan fingerprint density at radius 1 is 1.25 bits per heavy atom. The Morgan fingerprint density at radius 2 is 1.96 bits per heavy atom. The second kappa shape index (κ2) is 8.89. The van der Waals surface area contributed by atoms with Gasteiger partial charge in [-0.1, -0.05) is 0 Å². The zero-order valence-corrected chi connectivity index (χ0v) is 15.1. The fourth-order valence-electron chi connectivity index (χ4n) is 2.84. The Labute approximate surface area is 144 Å². The molecule has 0 radical (unpaired) electrons. The van der Waals surface area contributed by atoms with Gasteiger partial charge in [-0.25, -0.2) is 0 Å². The molecule has 0 spiro atoms. The second-order valence-electron chi connectivity index (χ2n) is 6.02. The highest BCUT2D eigenvalue weighted by Crippen LogP contribution is 2.29. The first-order chi connectivity index (χ1) is 11.6. The number of benzene rings is 1. The van der Waals surface area contributed by atoms with Crippen LogP contribution in [0.3, 0.4) is 0 Å². The summed E-state index contributed by atoms with van der Waals surface area (Å²) in [6, 6.07) is 5.45. The third-order valence-corrected chi connectivity index (χ3v) is 3.85. The van der Waals surface area contributed by atoms with E-state index in [1.807, 2.05) is 38.9 Å². The summed E-state index contributed by atoms with van der Waals surface area (Å²) in [6.07, 6.45) is 0. The lowest BCUT2D eigenvalue weighted by atomic mass is 10.1. The van der Waals surface area contributed by atoms with Crippen molar-refractivity contribution in [2.75, 3.05) is 53.6 Å². The molecule has 134 valence electrons. The number of morpholine rings is 1. The van der Waals surface area contributed by atoms with Crippen molar-refractivity contribution in [2.24, 2.45) is 0 Å². The topological polar surface area (TPSA) is 51.2 Å². The van der Waals surface area contributed by atoms with Crippen LogP contribution < -0.4 is 9.47 Å². The van der Waals surface area contributed by atoms with Gasteiger partial charge in [-0.3, -0.25) is 4.79 Å². The van der Waals surface area contributed by atoms with Crippen molar-refractivity contribution in [2.45, 2.75) is 19.9 Å². The van der Waals surface area contributed by atoms with Gasteiger partial charge >= 0.3 is 0 Å². The number of hydrogen-bond acceptors (Lipinski definition) is 5. The van der Waals surface area contributed by atoms with Crippen LogP contribution in [-0.4, -0.2) is 75.4 Å². The number of hydrogen-bond donors (Lipinski definition) is 0. The normalized spacial score (nSPS) is 17.9. The van der Waals surface area contributed by atoms with Gasteiger partial charge in [-0.2, -0.15) is 0 Å². The summed E-state index contributed by atoms with van der Waals surface area (Å²) < 4.78 is 16.7. The quantitative estimate of drug-likeness (QED) is 0.761. The minimum atomic E-state index is 0.00847. The summed E-state index contributed by atoms with van der Waals surface area (Å²) in [6.45, 7) is 7.45. The molecule has 0 saturated carbocycles. The predicted octanol–water partition coefficient (Wildman–Crippen LogP) is 1.89. The van der Waals surface area contributed by atoms with Crippen LogP contribution in [0, 0.1) is 0 Å². The molecule has 6 heteroatoms. The van der Waals surface area contributed by atoms with E-state index in [2.05, 4.69) is 4.90 Å². The molecule has 0 N–H and O–H groups in total. The summed E-state index contributed by atoms with van der Waals surface area (Å²) in [4.78, 5) is 16.9. The fraction of sp³-hybridized carbons (Fsp3) is 0.611. The van der Waals surface area contributed by atoms with E-state index in [-0.39, 0.29) is 11.9 Å². The van der Waals surface area contributed by atoms with E-state index in [9.17, 15) is 4.79 Å². The maximum atomic E-state index is 13.0. The van der Waals surface area contributed by atoms with Crippen LogP contribution in [0.2, 0.25) is 0 Å². The lowest BCUT2D eigenvalue weighted by Gasteiger charge is -2.37. The van der Waals surface area contributed by atoms with Crippen molar-refractivity contribution in [3.8, 4) is 11.5 Å². The van der Waals surface area contributed by atoms with E-state index >= 15 is 0 Å². The molecule has 1 atom stereocenters. The maximum Gasteiger partial charge on any atom is 0.254 e. The van der Waals surface area contributed by atoms with Gasteiger partial charge in [0.05, 0.1) is 32.5 Å². The molecule has 1 aliphatic heterocycles. The van der Waals surface area contributed by atoms with Crippen molar-refractivity contribution in [3.63, 3.8) is 0 Å². The third kappa shape index (κ3) is 4.61. The van der Waals surface area contributed by atoms with E-state index in [0.717, 1.165) is 6.54 Å². The molecule has 1 saturated heterocycles. The highest BCUT2D eigenvalue weighted by Gasteiger charge is 2.29. The number of rotatable bonds is 7. The van der Waals surface area contributed by atoms with Gasteiger partial charge < -0.3 is 24.0 Å². The van der Waals surface area contributed by atoms with Crippen LogP contribution in [0.1, 0.15) is 24.2 Å². The second-order valence-corrected chi connectivity index (χ2v) is 6.02. The van der Waals surface area contributed by atoms with E-state index in [4.69, 9.17) is 14.2 Å². The van der Waals surface area contributed by atoms with E-state index in [1.165, 1.54) is 0 Å². The number of carbonyl (C=O) groups excluding carboxylic acids is 1. The van der Waals surface area contributed by atoms with E-state index < -0.39 is 0 Å². The number of amides is 1. The van der Waals surface area contributed by atoms with Gasteiger partial charge in [0.15, 0.2) is 11.5 Å². The maximum absolute atomic E-state index is 13.0. The van der Waals surface area contributed by atoms with Crippen molar-refractivity contribution in [1.82, 2.24) is 9.80 Å². The van der Waals surface area contributed by atoms with Gasteiger partial charge in [-0.15, -0.1) is 0 Å². The van der Waals surface area contributed by atoms with Gasteiger partial charge in [-0.05, 0) is 46.1 Å². The molecule has 1 aromatic carbocycles. The molecule has 24 heavy (non-hydrogen) atoms. The zero-order chi connectivity index (χ0) is 17.5. The molecule has 0 aliphatic carbocycles. The summed E-state index contributed by atoms with van der Waals surface area (Å²) in [5, 5.41) is 0. The standard InChI is InChI=1S/C18H28N2O4/c1-5-23-16-8-7-14(11-17(16)24-6-2)18(21)20-9-10-22-13-15(20)12-19(3)4/h7-8,11,15H,5-6,9-10,12-13H2,1-4H3. The summed E-state index contributed by atoms with van der Waals surface area (Å²) in [5.74, 6) is 1.29. The average molecular weight is 336 g/mol. The highest BCUT2D eigenvalue weighted by molar-refractivity contribution is 5.95. The summed E-state index contributed by atoms with van der Waals surface area (Å²) in [5.41, 5.74) is 0.618. The number of carbonyl (C=O) groups is 1. The number of likely N-dealkylation sites (N-methyl/N-ethyl adjacent to an activating group) is 1. The minimum absolute atomic E-state index is 0.00847. The Balaban J connectivity index is 2.22. The molecular formula is C18H28N2O4. The monoisotopic (exact) mass is 336 g/mol. The minimum Gasteiger partial charge on any atom is -0.490 e. The lowest BCUT2D eigenvalue weighted by molar-refractivity contribution is -0.00832. The van der Waals surface area contributed by atoms with Gasteiger partial charge in [0.2, 0.25) is 0 Å². The van der Waals surface area contributed by atoms with Crippen LogP contribution in [0.4, 0.5) is 0 Å². The molecule has 1 aliphatic rings. The molecular weight excluding hydrogens is 308 g/mol. The molecule has 0 bridgehead atoms. The highest BCUT2D eigenvalue weighted by atomic mass is 16.5. The van der Waals surface area contributed by atoms with Crippen LogP contribution in [0.15, 0.2) is 18.2 Å². The molecule has 2 rings (SSSR count). The first kappa shape index (κ1) is 18.5. The van der Waals surface area contributed by atoms with Gasteiger partial charge in [0, 0.05) is 18.7 Å². The Kier molecular flexibility index (Phi) is 6.87. The van der Waals surface area contributed by atoms with Crippen LogP contribution >= 0.6 is 0 Å². The smallest absolute Gasteiger partial charge is 0.254 e. The van der Waals surface area contributed by atoms with Crippen LogP contribution in [-0.2, 0) is 4.74 Å². The fourth-order valence-corrected chi connectivity index (χ4v) is 2.84. The average Bonchev–Trinajstić information content (AvgIpc) is 2.56. The largest absolute Gasteiger partial charge is 0.490 e. The summed E-state index contributed by atoms with van der Waals surface area (Å²) in [7, 11) is 4.00. The predicted molar refractivity (Wildman–Crippen MR) is 93.0 cm³/mol. The number of ether oxygens (including phenoxy) is 3. The molecule has 1 aromatic rings. The molecule has 1 amide bonds. The molecule has 0 aromatic heterocycles. The van der Waals surface area contributed by atoms with Gasteiger partial charge in [0.25, 0.3) is 5.91 Å². The van der Waals surface area contributed by atoms with E-state index in [0.29, 0.717) is 50.0 Å². The van der Waals surface area contributed by atoms with Crippen molar-refractivity contribution >= 4 is 5.91 Å². The van der Waals surface area contributed by atoms with Crippen molar-refractivity contribution in [3.05, 3.63) is 23.8 Å². The van der Waals surface area contributed by atoms with Crippen LogP contribution in [0.5, 0.6) is 11.5 Å². The zero-order valence-electron chi connectivity index (χ0n) is 15.1. The van der Waals surface area contributed by atoms with Crippen molar-refractivity contribution < 1.29 is 19.0 Å². The first-order valence-electron chi connectivity index (χ1n) is 8.49. The number of nitrogens with zero attached hydrogens (tertiary/aromatic N) is 2. The lowest BCUT2D eigenvalue weighted by Crippen LogP contribution is -2.52. The molecule has 1 unspecified atom stereocenters. The third-order valence-electron chi connectivity index (χ3n) is 3.85. The van der Waals surface area contributed by atoms with E-state index in [1.54, 1.807) is 12.1 Å².